The second-order valence-electron chi connectivity index (χ2n) is 7.23. The molecule has 0 saturated heterocycles. The molecular weight excluding hydrogens is 236 g/mol. The van der Waals surface area contributed by atoms with Gasteiger partial charge in [0.15, 0.2) is 0 Å². The number of hydrogen-bond donors (Lipinski definition) is 2. The van der Waals surface area contributed by atoms with E-state index in [0.29, 0.717) is 19.0 Å². The molecule has 0 bridgehead atoms. The zero-order valence-electron chi connectivity index (χ0n) is 13.2. The highest BCUT2D eigenvalue weighted by atomic mass is 16.1. The maximum Gasteiger partial charge on any atom is 0.220 e. The summed E-state index contributed by atoms with van der Waals surface area (Å²) in [4.78, 5) is 12.0. The quantitative estimate of drug-likeness (QED) is 0.778. The summed E-state index contributed by atoms with van der Waals surface area (Å²) in [5, 5.41) is 3.21. The van der Waals surface area contributed by atoms with Crippen LogP contribution in [-0.2, 0) is 4.79 Å². The van der Waals surface area contributed by atoms with Crippen molar-refractivity contribution in [2.45, 2.75) is 72.3 Å². The van der Waals surface area contributed by atoms with Gasteiger partial charge in [-0.3, -0.25) is 4.79 Å². The second kappa shape index (κ2) is 7.28. The molecule has 3 N–H and O–H groups in total. The lowest BCUT2D eigenvalue weighted by Gasteiger charge is -2.32. The summed E-state index contributed by atoms with van der Waals surface area (Å²) in [5.41, 5.74) is 5.78. The van der Waals surface area contributed by atoms with E-state index >= 15 is 0 Å². The average Bonchev–Trinajstić information content (AvgIpc) is 2.32. The number of carbonyl (C=O) groups is 1. The first-order valence-corrected chi connectivity index (χ1v) is 7.83. The van der Waals surface area contributed by atoms with Gasteiger partial charge in [-0.15, -0.1) is 0 Å². The first-order valence-electron chi connectivity index (χ1n) is 7.83. The van der Waals surface area contributed by atoms with E-state index in [1.165, 1.54) is 6.42 Å². The summed E-state index contributed by atoms with van der Waals surface area (Å²) in [6.07, 6.45) is 6.06. The van der Waals surface area contributed by atoms with Crippen LogP contribution in [0.2, 0.25) is 0 Å². The molecule has 1 aliphatic rings. The Hall–Kier alpha value is -0.570. The Morgan fingerprint density at radius 1 is 1.21 bits per heavy atom. The van der Waals surface area contributed by atoms with Crippen molar-refractivity contribution in [1.29, 1.82) is 0 Å². The van der Waals surface area contributed by atoms with Crippen molar-refractivity contribution in [2.24, 2.45) is 23.0 Å². The van der Waals surface area contributed by atoms with E-state index in [9.17, 15) is 4.79 Å². The number of rotatable bonds is 6. The van der Waals surface area contributed by atoms with Gasteiger partial charge in [0.1, 0.15) is 0 Å². The summed E-state index contributed by atoms with van der Waals surface area (Å²) in [6.45, 7) is 9.70. The zero-order chi connectivity index (χ0) is 14.5. The lowest BCUT2D eigenvalue weighted by Crippen LogP contribution is -2.40. The van der Waals surface area contributed by atoms with Crippen LogP contribution in [0.15, 0.2) is 0 Å². The maximum atomic E-state index is 12.0. The summed E-state index contributed by atoms with van der Waals surface area (Å²) in [7, 11) is 0. The molecule has 3 atom stereocenters. The Morgan fingerprint density at radius 3 is 2.47 bits per heavy atom. The molecule has 112 valence electrons. The smallest absolute Gasteiger partial charge is 0.220 e. The molecule has 19 heavy (non-hydrogen) atoms. The predicted octanol–water partition coefficient (Wildman–Crippen LogP) is 3.08. The second-order valence-corrected chi connectivity index (χ2v) is 7.23. The van der Waals surface area contributed by atoms with E-state index in [1.54, 1.807) is 0 Å². The van der Waals surface area contributed by atoms with Crippen LogP contribution in [0, 0.1) is 17.3 Å². The monoisotopic (exact) mass is 268 g/mol. The molecule has 0 spiro atoms. The molecular formula is C16H32N2O. The Labute approximate surface area is 118 Å². The summed E-state index contributed by atoms with van der Waals surface area (Å²) in [6, 6.07) is 0.399. The molecule has 1 aliphatic carbocycles. The van der Waals surface area contributed by atoms with E-state index in [4.69, 9.17) is 5.73 Å². The van der Waals surface area contributed by atoms with Gasteiger partial charge in [0.25, 0.3) is 0 Å². The normalized spacial score (nSPS) is 28.2. The van der Waals surface area contributed by atoms with E-state index in [1.807, 2.05) is 0 Å². The van der Waals surface area contributed by atoms with Gasteiger partial charge in [-0.1, -0.05) is 27.7 Å². The van der Waals surface area contributed by atoms with Crippen molar-refractivity contribution in [2.75, 3.05) is 6.54 Å². The minimum Gasteiger partial charge on any atom is -0.353 e. The highest BCUT2D eigenvalue weighted by Gasteiger charge is 2.26. The van der Waals surface area contributed by atoms with E-state index in [-0.39, 0.29) is 11.3 Å². The largest absolute Gasteiger partial charge is 0.353 e. The van der Waals surface area contributed by atoms with Gasteiger partial charge in [0, 0.05) is 12.5 Å². The van der Waals surface area contributed by atoms with Crippen LogP contribution in [0.5, 0.6) is 0 Å². The Bertz CT molecular complexity index is 288. The number of carbonyl (C=O) groups excluding carboxylic acids is 1. The fourth-order valence-corrected chi connectivity index (χ4v) is 2.95. The maximum absolute atomic E-state index is 12.0. The zero-order valence-corrected chi connectivity index (χ0v) is 13.2. The highest BCUT2D eigenvalue weighted by molar-refractivity contribution is 5.76. The van der Waals surface area contributed by atoms with Crippen LogP contribution in [0.25, 0.3) is 0 Å². The molecule has 0 aromatic carbocycles. The third-order valence-corrected chi connectivity index (χ3v) is 4.81. The van der Waals surface area contributed by atoms with Gasteiger partial charge >= 0.3 is 0 Å². The van der Waals surface area contributed by atoms with Gasteiger partial charge in [-0.25, -0.2) is 0 Å². The summed E-state index contributed by atoms with van der Waals surface area (Å²) in [5.74, 6) is 1.75. The number of amides is 1. The van der Waals surface area contributed by atoms with Crippen molar-refractivity contribution >= 4 is 5.91 Å². The molecule has 3 unspecified atom stereocenters. The summed E-state index contributed by atoms with van der Waals surface area (Å²) < 4.78 is 0. The highest BCUT2D eigenvalue weighted by Crippen LogP contribution is 2.30. The lowest BCUT2D eigenvalue weighted by molar-refractivity contribution is -0.122. The van der Waals surface area contributed by atoms with Crippen LogP contribution in [-0.4, -0.2) is 18.5 Å². The predicted molar refractivity (Wildman–Crippen MR) is 80.8 cm³/mol. The standard InChI is InChI=1S/C16H32N2O/c1-12-5-6-14(11-13(12)2)18-15(19)7-8-16(3,4)9-10-17/h12-14H,5-11,17H2,1-4H3,(H,18,19). The van der Waals surface area contributed by atoms with Crippen molar-refractivity contribution in [1.82, 2.24) is 5.32 Å². The molecule has 0 aromatic heterocycles. The van der Waals surface area contributed by atoms with Gasteiger partial charge in [-0.05, 0) is 55.9 Å². The van der Waals surface area contributed by atoms with Crippen LogP contribution >= 0.6 is 0 Å². The third-order valence-electron chi connectivity index (χ3n) is 4.81. The minimum atomic E-state index is 0.181. The van der Waals surface area contributed by atoms with Crippen LogP contribution in [0.3, 0.4) is 0 Å². The van der Waals surface area contributed by atoms with Crippen molar-refractivity contribution in [3.05, 3.63) is 0 Å². The Morgan fingerprint density at radius 2 is 1.89 bits per heavy atom. The van der Waals surface area contributed by atoms with Crippen molar-refractivity contribution in [3.8, 4) is 0 Å². The molecule has 0 aromatic rings. The first-order chi connectivity index (χ1) is 8.84. The molecule has 0 aliphatic heterocycles. The molecule has 3 nitrogen and oxygen atoms in total. The lowest BCUT2D eigenvalue weighted by atomic mass is 9.79. The molecule has 3 heteroatoms. The molecule has 0 radical (unpaired) electrons. The van der Waals surface area contributed by atoms with Crippen molar-refractivity contribution in [3.63, 3.8) is 0 Å². The van der Waals surface area contributed by atoms with E-state index < -0.39 is 0 Å². The molecule has 0 heterocycles. The van der Waals surface area contributed by atoms with Gasteiger partial charge < -0.3 is 11.1 Å². The van der Waals surface area contributed by atoms with Crippen LogP contribution < -0.4 is 11.1 Å². The topological polar surface area (TPSA) is 55.1 Å². The Kier molecular flexibility index (Phi) is 6.31. The number of hydrogen-bond acceptors (Lipinski definition) is 2. The minimum absolute atomic E-state index is 0.181. The van der Waals surface area contributed by atoms with E-state index in [0.717, 1.165) is 37.5 Å². The molecule has 1 saturated carbocycles. The van der Waals surface area contributed by atoms with Crippen LogP contribution in [0.1, 0.15) is 66.2 Å². The Balaban J connectivity index is 2.28. The molecule has 1 fully saturated rings. The fourth-order valence-electron chi connectivity index (χ4n) is 2.95. The van der Waals surface area contributed by atoms with E-state index in [2.05, 4.69) is 33.0 Å². The third kappa shape index (κ3) is 5.94. The molecule has 1 rings (SSSR count). The molecule has 1 amide bonds. The van der Waals surface area contributed by atoms with Gasteiger partial charge in [0.2, 0.25) is 5.91 Å². The SMILES string of the molecule is CC1CCC(NC(=O)CCC(C)(C)CCN)CC1C. The average molecular weight is 268 g/mol. The first kappa shape index (κ1) is 16.5. The van der Waals surface area contributed by atoms with Gasteiger partial charge in [-0.2, -0.15) is 0 Å². The number of nitrogens with one attached hydrogen (secondary N) is 1. The van der Waals surface area contributed by atoms with Gasteiger partial charge in [0.05, 0.1) is 0 Å². The fraction of sp³-hybridized carbons (Fsp3) is 0.938. The van der Waals surface area contributed by atoms with Crippen LogP contribution in [0.4, 0.5) is 0 Å². The summed E-state index contributed by atoms with van der Waals surface area (Å²) >= 11 is 0. The number of nitrogens with two attached hydrogens (primary N) is 1. The van der Waals surface area contributed by atoms with Crippen molar-refractivity contribution < 1.29 is 4.79 Å².